The molecule has 0 spiro atoms. The van der Waals surface area contributed by atoms with Gasteiger partial charge in [-0.05, 0) is 42.2 Å². The van der Waals surface area contributed by atoms with Crippen LogP contribution < -0.4 is 0 Å². The van der Waals surface area contributed by atoms with Crippen molar-refractivity contribution in [3.8, 4) is 6.07 Å². The van der Waals surface area contributed by atoms with Gasteiger partial charge in [-0.2, -0.15) is 5.26 Å². The smallest absolute Gasteiger partial charge is 0.227 e. The molecule has 1 amide bonds. The minimum Gasteiger partial charge on any atom is -0.335 e. The van der Waals surface area contributed by atoms with Crippen molar-refractivity contribution in [3.05, 3.63) is 64.4 Å². The average Bonchev–Trinajstić information content (AvgIpc) is 3.05. The summed E-state index contributed by atoms with van der Waals surface area (Å²) in [6, 6.07) is 11.5. The largest absolute Gasteiger partial charge is 0.335 e. The first-order chi connectivity index (χ1) is 11.2. The topological polar surface area (TPSA) is 57.0 Å². The Balaban J connectivity index is 1.77. The third-order valence-corrected chi connectivity index (χ3v) is 4.32. The van der Waals surface area contributed by atoms with E-state index in [2.05, 4.69) is 4.98 Å². The van der Waals surface area contributed by atoms with Gasteiger partial charge >= 0.3 is 0 Å². The van der Waals surface area contributed by atoms with E-state index in [1.165, 1.54) is 6.20 Å². The summed E-state index contributed by atoms with van der Waals surface area (Å²) in [5.41, 5.74) is 2.32. The van der Waals surface area contributed by atoms with Gasteiger partial charge in [-0.25, -0.2) is 0 Å². The summed E-state index contributed by atoms with van der Waals surface area (Å²) >= 11 is 6.07. The molecule has 0 saturated carbocycles. The zero-order valence-electron chi connectivity index (χ0n) is 12.6. The van der Waals surface area contributed by atoms with Crippen LogP contribution in [-0.4, -0.2) is 22.3 Å². The second-order valence-corrected chi connectivity index (χ2v) is 6.11. The van der Waals surface area contributed by atoms with Gasteiger partial charge in [-0.3, -0.25) is 9.78 Å². The lowest BCUT2D eigenvalue weighted by Crippen LogP contribution is -2.31. The van der Waals surface area contributed by atoms with E-state index < -0.39 is 0 Å². The van der Waals surface area contributed by atoms with Gasteiger partial charge in [0.1, 0.15) is 6.07 Å². The molecule has 0 radical (unpaired) electrons. The van der Waals surface area contributed by atoms with Crippen LogP contribution in [0, 0.1) is 11.3 Å². The number of amides is 1. The molecule has 1 fully saturated rings. The summed E-state index contributed by atoms with van der Waals surface area (Å²) < 4.78 is 0. The molecule has 1 unspecified atom stereocenters. The van der Waals surface area contributed by atoms with Crippen LogP contribution in [0.4, 0.5) is 0 Å². The van der Waals surface area contributed by atoms with Gasteiger partial charge in [0, 0.05) is 24.0 Å². The highest BCUT2D eigenvalue weighted by Gasteiger charge is 2.29. The van der Waals surface area contributed by atoms with Crippen LogP contribution in [0.2, 0.25) is 5.02 Å². The molecular formula is C18H16ClN3O. The first kappa shape index (κ1) is 15.5. The Labute approximate surface area is 140 Å². The van der Waals surface area contributed by atoms with E-state index in [0.29, 0.717) is 10.6 Å². The van der Waals surface area contributed by atoms with E-state index in [0.717, 1.165) is 30.5 Å². The van der Waals surface area contributed by atoms with Gasteiger partial charge in [-0.1, -0.05) is 23.7 Å². The summed E-state index contributed by atoms with van der Waals surface area (Å²) in [4.78, 5) is 18.6. The third-order valence-electron chi connectivity index (χ3n) is 4.09. The molecule has 4 nitrogen and oxygen atoms in total. The maximum Gasteiger partial charge on any atom is 0.227 e. The highest BCUT2D eigenvalue weighted by Crippen LogP contribution is 2.33. The van der Waals surface area contributed by atoms with Crippen molar-refractivity contribution in [1.82, 2.24) is 9.88 Å². The van der Waals surface area contributed by atoms with Crippen LogP contribution in [-0.2, 0) is 11.2 Å². The number of hydrogen-bond acceptors (Lipinski definition) is 3. The van der Waals surface area contributed by atoms with Crippen molar-refractivity contribution >= 4 is 17.5 Å². The molecule has 0 N–H and O–H groups in total. The number of nitrogens with zero attached hydrogens (tertiary/aromatic N) is 3. The summed E-state index contributed by atoms with van der Waals surface area (Å²) in [7, 11) is 0. The highest BCUT2D eigenvalue weighted by atomic mass is 35.5. The fraction of sp³-hybridized carbons (Fsp3) is 0.278. The molecule has 2 aromatic rings. The SMILES string of the molecule is N#Cc1cncc(CC(=O)N2CCCC2c2cccc(Cl)c2)c1. The van der Waals surface area contributed by atoms with Crippen molar-refractivity contribution < 1.29 is 4.79 Å². The number of rotatable bonds is 3. The summed E-state index contributed by atoms with van der Waals surface area (Å²) in [5.74, 6) is 0.0596. The molecule has 23 heavy (non-hydrogen) atoms. The number of benzene rings is 1. The lowest BCUT2D eigenvalue weighted by molar-refractivity contribution is -0.131. The summed E-state index contributed by atoms with van der Waals surface area (Å²) in [6.07, 6.45) is 5.34. The molecule has 0 bridgehead atoms. The maximum absolute atomic E-state index is 12.7. The van der Waals surface area contributed by atoms with Gasteiger partial charge in [0.05, 0.1) is 18.0 Å². The number of halogens is 1. The second-order valence-electron chi connectivity index (χ2n) is 5.67. The van der Waals surface area contributed by atoms with Crippen LogP contribution in [0.3, 0.4) is 0 Å². The maximum atomic E-state index is 12.7. The third kappa shape index (κ3) is 3.52. The minimum absolute atomic E-state index is 0.0596. The lowest BCUT2D eigenvalue weighted by atomic mass is 10.0. The molecule has 2 heterocycles. The molecule has 1 aliphatic heterocycles. The molecule has 1 aliphatic rings. The van der Waals surface area contributed by atoms with E-state index in [9.17, 15) is 4.79 Å². The molecule has 1 aromatic heterocycles. The minimum atomic E-state index is 0.0596. The fourth-order valence-electron chi connectivity index (χ4n) is 3.05. The van der Waals surface area contributed by atoms with Crippen molar-refractivity contribution in [2.45, 2.75) is 25.3 Å². The normalized spacial score (nSPS) is 17.0. The number of likely N-dealkylation sites (tertiary alicyclic amines) is 1. The van der Waals surface area contributed by atoms with Gasteiger partial charge in [0.2, 0.25) is 5.91 Å². The number of nitriles is 1. The predicted molar refractivity (Wildman–Crippen MR) is 87.8 cm³/mol. The predicted octanol–water partition coefficient (Wildman–Crippen LogP) is 3.51. The van der Waals surface area contributed by atoms with Crippen molar-refractivity contribution in [2.75, 3.05) is 6.54 Å². The van der Waals surface area contributed by atoms with E-state index >= 15 is 0 Å². The van der Waals surface area contributed by atoms with Crippen molar-refractivity contribution in [2.24, 2.45) is 0 Å². The van der Waals surface area contributed by atoms with Crippen molar-refractivity contribution in [3.63, 3.8) is 0 Å². The Morgan fingerprint density at radius 3 is 3.04 bits per heavy atom. The number of carbonyl (C=O) groups is 1. The molecule has 1 atom stereocenters. The summed E-state index contributed by atoms with van der Waals surface area (Å²) in [5, 5.41) is 9.61. The standard InChI is InChI=1S/C18H16ClN3O/c19-16-4-1-3-15(9-16)17-5-2-6-22(17)18(23)8-13-7-14(10-20)12-21-11-13/h1,3-4,7,9,11-12,17H,2,5-6,8H2. The highest BCUT2D eigenvalue weighted by molar-refractivity contribution is 6.30. The number of aromatic nitrogens is 1. The van der Waals surface area contributed by atoms with Crippen LogP contribution >= 0.6 is 11.6 Å². The number of hydrogen-bond donors (Lipinski definition) is 0. The van der Waals surface area contributed by atoms with E-state index in [1.807, 2.05) is 35.2 Å². The van der Waals surface area contributed by atoms with Gasteiger partial charge in [-0.15, -0.1) is 0 Å². The molecule has 116 valence electrons. The Hall–Kier alpha value is -2.38. The number of carbonyl (C=O) groups excluding carboxylic acids is 1. The Morgan fingerprint density at radius 1 is 1.39 bits per heavy atom. The molecule has 0 aliphatic carbocycles. The molecule has 5 heteroatoms. The van der Waals surface area contributed by atoms with Crippen LogP contribution in [0.1, 0.15) is 35.6 Å². The van der Waals surface area contributed by atoms with E-state index in [1.54, 1.807) is 12.3 Å². The van der Waals surface area contributed by atoms with Crippen LogP contribution in [0.5, 0.6) is 0 Å². The van der Waals surface area contributed by atoms with Gasteiger partial charge in [0.25, 0.3) is 0 Å². The molecule has 3 rings (SSSR count). The first-order valence-electron chi connectivity index (χ1n) is 7.56. The summed E-state index contributed by atoms with van der Waals surface area (Å²) in [6.45, 7) is 0.751. The zero-order valence-corrected chi connectivity index (χ0v) is 13.3. The molecule has 1 aromatic carbocycles. The molecule has 1 saturated heterocycles. The average molecular weight is 326 g/mol. The Morgan fingerprint density at radius 2 is 2.26 bits per heavy atom. The molecular weight excluding hydrogens is 310 g/mol. The van der Waals surface area contributed by atoms with Gasteiger partial charge < -0.3 is 4.90 Å². The van der Waals surface area contributed by atoms with Crippen LogP contribution in [0.15, 0.2) is 42.7 Å². The first-order valence-corrected chi connectivity index (χ1v) is 7.94. The van der Waals surface area contributed by atoms with Crippen LogP contribution in [0.25, 0.3) is 0 Å². The Bertz CT molecular complexity index is 769. The quantitative estimate of drug-likeness (QED) is 0.867. The number of pyridine rings is 1. The lowest BCUT2D eigenvalue weighted by Gasteiger charge is -2.25. The van der Waals surface area contributed by atoms with E-state index in [-0.39, 0.29) is 18.4 Å². The fourth-order valence-corrected chi connectivity index (χ4v) is 3.25. The van der Waals surface area contributed by atoms with E-state index in [4.69, 9.17) is 16.9 Å². The van der Waals surface area contributed by atoms with Crippen molar-refractivity contribution in [1.29, 1.82) is 5.26 Å². The Kier molecular flexibility index (Phi) is 4.59. The zero-order chi connectivity index (χ0) is 16.2. The second kappa shape index (κ2) is 6.80. The monoisotopic (exact) mass is 325 g/mol. The van der Waals surface area contributed by atoms with Gasteiger partial charge in [0.15, 0.2) is 0 Å².